The Hall–Kier alpha value is 0.100. The van der Waals surface area contributed by atoms with Gasteiger partial charge in [0.05, 0.1) is 0 Å². The van der Waals surface area contributed by atoms with E-state index in [1.54, 1.807) is 0 Å². The molecule has 0 aliphatic heterocycles. The molecule has 22 heavy (non-hydrogen) atoms. The highest BCUT2D eigenvalue weighted by atomic mass is 79.9. The van der Waals surface area contributed by atoms with Gasteiger partial charge in [-0.2, -0.15) is 23.5 Å². The van der Waals surface area contributed by atoms with Crippen LogP contribution in [-0.2, 0) is 0 Å². The summed E-state index contributed by atoms with van der Waals surface area (Å²) in [4.78, 5) is 0. The molecule has 2 aromatic carbocycles. The van der Waals surface area contributed by atoms with E-state index in [0.717, 1.165) is 10.7 Å². The number of thioether (sulfide) groups is 2. The van der Waals surface area contributed by atoms with E-state index in [-0.39, 0.29) is 0 Å². The first-order valence-corrected chi connectivity index (χ1v) is 11.6. The van der Waals surface area contributed by atoms with Crippen molar-refractivity contribution in [2.75, 3.05) is 22.2 Å². The molecule has 0 spiro atoms. The summed E-state index contributed by atoms with van der Waals surface area (Å²) in [6.45, 7) is 0. The molecule has 118 valence electrons. The molecule has 0 bridgehead atoms. The van der Waals surface area contributed by atoms with Crippen LogP contribution in [0, 0.1) is 0 Å². The first-order chi connectivity index (χ1) is 10.8. The predicted molar refractivity (Wildman–Crippen MR) is 111 cm³/mol. The highest BCUT2D eigenvalue weighted by Crippen LogP contribution is 2.34. The van der Waals surface area contributed by atoms with Gasteiger partial charge in [0.15, 0.2) is 0 Å². The molecular formula is C18H20Br2S2. The van der Waals surface area contributed by atoms with Gasteiger partial charge in [0, 0.05) is 32.7 Å². The van der Waals surface area contributed by atoms with Gasteiger partial charge < -0.3 is 0 Å². The van der Waals surface area contributed by atoms with Crippen LogP contribution in [0.25, 0.3) is 0 Å². The minimum absolute atomic E-state index is 0.543. The number of hydrogen-bond donors (Lipinski definition) is 0. The van der Waals surface area contributed by atoms with Crippen molar-refractivity contribution in [3.8, 4) is 0 Å². The summed E-state index contributed by atoms with van der Waals surface area (Å²) in [6, 6.07) is 21.5. The zero-order valence-corrected chi connectivity index (χ0v) is 17.1. The second-order valence-corrected chi connectivity index (χ2v) is 8.77. The quantitative estimate of drug-likeness (QED) is 0.301. The van der Waals surface area contributed by atoms with E-state index < -0.39 is 0 Å². The van der Waals surface area contributed by atoms with E-state index in [0.29, 0.717) is 10.5 Å². The summed E-state index contributed by atoms with van der Waals surface area (Å²) in [5.41, 5.74) is 2.82. The third kappa shape index (κ3) is 5.95. The monoisotopic (exact) mass is 458 g/mol. The van der Waals surface area contributed by atoms with Crippen LogP contribution >= 0.6 is 55.4 Å². The maximum atomic E-state index is 3.65. The van der Waals surface area contributed by atoms with Crippen molar-refractivity contribution < 1.29 is 0 Å². The Morgan fingerprint density at radius 1 is 0.636 bits per heavy atom. The van der Waals surface area contributed by atoms with Crippen molar-refractivity contribution >= 4 is 55.4 Å². The molecule has 0 amide bonds. The summed E-state index contributed by atoms with van der Waals surface area (Å²) in [7, 11) is 0. The van der Waals surface area contributed by atoms with Gasteiger partial charge in [-0.25, -0.2) is 0 Å². The van der Waals surface area contributed by atoms with Crippen molar-refractivity contribution in [3.63, 3.8) is 0 Å². The minimum Gasteiger partial charge on any atom is -0.152 e. The lowest BCUT2D eigenvalue weighted by Gasteiger charge is -2.16. The highest BCUT2D eigenvalue weighted by molar-refractivity contribution is 9.09. The van der Waals surface area contributed by atoms with E-state index in [2.05, 4.69) is 92.5 Å². The van der Waals surface area contributed by atoms with Crippen LogP contribution in [0.5, 0.6) is 0 Å². The van der Waals surface area contributed by atoms with Crippen LogP contribution in [-0.4, -0.2) is 22.2 Å². The molecule has 0 heterocycles. The summed E-state index contributed by atoms with van der Waals surface area (Å²) >= 11 is 11.4. The Bertz CT molecular complexity index is 470. The molecule has 0 aliphatic rings. The van der Waals surface area contributed by atoms with Crippen molar-refractivity contribution in [1.29, 1.82) is 0 Å². The molecule has 0 fully saturated rings. The van der Waals surface area contributed by atoms with Crippen LogP contribution in [0.3, 0.4) is 0 Å². The number of halogens is 2. The largest absolute Gasteiger partial charge is 0.152 e. The second kappa shape index (κ2) is 10.8. The first kappa shape index (κ1) is 18.4. The van der Waals surface area contributed by atoms with E-state index >= 15 is 0 Å². The van der Waals surface area contributed by atoms with Crippen molar-refractivity contribution in [2.45, 2.75) is 10.5 Å². The SMILES string of the molecule is BrCC(SCCSC(CBr)c1ccccc1)c1ccccc1. The Kier molecular flexibility index (Phi) is 9.05. The van der Waals surface area contributed by atoms with Gasteiger partial charge in [0.2, 0.25) is 0 Å². The predicted octanol–water partition coefficient (Wildman–Crippen LogP) is 6.73. The van der Waals surface area contributed by atoms with Crippen LogP contribution in [0.2, 0.25) is 0 Å². The van der Waals surface area contributed by atoms with E-state index in [1.165, 1.54) is 22.6 Å². The van der Waals surface area contributed by atoms with Gasteiger partial charge in [0.25, 0.3) is 0 Å². The Labute approximate surface area is 159 Å². The molecule has 2 rings (SSSR count). The average molecular weight is 460 g/mol. The van der Waals surface area contributed by atoms with Crippen molar-refractivity contribution in [3.05, 3.63) is 71.8 Å². The number of benzene rings is 2. The molecule has 2 unspecified atom stereocenters. The zero-order chi connectivity index (χ0) is 15.6. The van der Waals surface area contributed by atoms with E-state index in [9.17, 15) is 0 Å². The van der Waals surface area contributed by atoms with Gasteiger partial charge in [-0.15, -0.1) is 0 Å². The molecule has 0 nitrogen and oxygen atoms in total. The molecule has 4 heteroatoms. The zero-order valence-electron chi connectivity index (χ0n) is 12.3. The molecular weight excluding hydrogens is 440 g/mol. The Morgan fingerprint density at radius 2 is 1.00 bits per heavy atom. The molecule has 0 aliphatic carbocycles. The maximum Gasteiger partial charge on any atom is 0.0394 e. The fourth-order valence-corrected chi connectivity index (χ4v) is 6.26. The topological polar surface area (TPSA) is 0 Å². The summed E-state index contributed by atoms with van der Waals surface area (Å²) < 4.78 is 0. The first-order valence-electron chi connectivity index (χ1n) is 7.30. The molecule has 0 radical (unpaired) electrons. The van der Waals surface area contributed by atoms with E-state index in [4.69, 9.17) is 0 Å². The second-order valence-electron chi connectivity index (χ2n) is 4.85. The highest BCUT2D eigenvalue weighted by Gasteiger charge is 2.12. The van der Waals surface area contributed by atoms with E-state index in [1.807, 2.05) is 23.5 Å². The molecule has 0 N–H and O–H groups in total. The lowest BCUT2D eigenvalue weighted by molar-refractivity contribution is 1.12. The maximum absolute atomic E-state index is 3.65. The number of rotatable bonds is 9. The summed E-state index contributed by atoms with van der Waals surface area (Å²) in [5.74, 6) is 2.35. The molecule has 2 atom stereocenters. The Morgan fingerprint density at radius 3 is 1.32 bits per heavy atom. The standard InChI is InChI=1S/C18H20Br2S2/c19-13-17(15-7-3-1-4-8-15)21-11-12-22-18(14-20)16-9-5-2-6-10-16/h1-10,17-18H,11-14H2. The molecule has 0 saturated heterocycles. The van der Waals surface area contributed by atoms with Crippen molar-refractivity contribution in [2.24, 2.45) is 0 Å². The third-order valence-electron chi connectivity index (χ3n) is 3.34. The molecule has 0 saturated carbocycles. The molecule has 2 aromatic rings. The van der Waals surface area contributed by atoms with Crippen LogP contribution < -0.4 is 0 Å². The van der Waals surface area contributed by atoms with Crippen LogP contribution in [0.15, 0.2) is 60.7 Å². The van der Waals surface area contributed by atoms with Gasteiger partial charge in [-0.05, 0) is 11.1 Å². The van der Waals surface area contributed by atoms with Crippen molar-refractivity contribution in [1.82, 2.24) is 0 Å². The number of alkyl halides is 2. The molecule has 0 aromatic heterocycles. The number of hydrogen-bond acceptors (Lipinski definition) is 2. The fraction of sp³-hybridized carbons (Fsp3) is 0.333. The summed E-state index contributed by atoms with van der Waals surface area (Å²) in [6.07, 6.45) is 0. The van der Waals surface area contributed by atoms with Gasteiger partial charge in [-0.3, -0.25) is 0 Å². The Balaban J connectivity index is 1.78. The lowest BCUT2D eigenvalue weighted by Crippen LogP contribution is -2.01. The normalized spacial score (nSPS) is 13.7. The average Bonchev–Trinajstić information content (AvgIpc) is 2.60. The van der Waals surface area contributed by atoms with Gasteiger partial charge in [-0.1, -0.05) is 92.5 Å². The van der Waals surface area contributed by atoms with Gasteiger partial charge in [0.1, 0.15) is 0 Å². The third-order valence-corrected chi connectivity index (χ3v) is 8.32. The fourth-order valence-electron chi connectivity index (χ4n) is 2.18. The smallest absolute Gasteiger partial charge is 0.0394 e. The van der Waals surface area contributed by atoms with Gasteiger partial charge >= 0.3 is 0 Å². The summed E-state index contributed by atoms with van der Waals surface area (Å²) in [5, 5.41) is 3.10. The van der Waals surface area contributed by atoms with Crippen LogP contribution in [0.1, 0.15) is 21.6 Å². The minimum atomic E-state index is 0.543. The van der Waals surface area contributed by atoms with Crippen LogP contribution in [0.4, 0.5) is 0 Å². The lowest BCUT2D eigenvalue weighted by atomic mass is 10.2.